The standard InChI is InChI=1S/C15H20N2O4S/c1-8(18)21-15(2,3)14(20)17-13-11(12(16)19)9-6-4-5-7-10(9)22-13/h4-7H2,1-3H3,(H2,16,19)(H,17,20). The number of hydrogen-bond donors (Lipinski definition) is 2. The number of nitrogens with one attached hydrogen (secondary N) is 1. The van der Waals surface area contributed by atoms with Crippen LogP contribution in [0.25, 0.3) is 0 Å². The number of carbonyl (C=O) groups is 3. The predicted molar refractivity (Wildman–Crippen MR) is 84.0 cm³/mol. The molecule has 2 amide bonds. The first-order valence-electron chi connectivity index (χ1n) is 7.17. The second-order valence-corrected chi connectivity index (χ2v) is 6.94. The van der Waals surface area contributed by atoms with Gasteiger partial charge >= 0.3 is 5.97 Å². The van der Waals surface area contributed by atoms with Crippen LogP contribution in [0.3, 0.4) is 0 Å². The van der Waals surface area contributed by atoms with E-state index in [0.717, 1.165) is 36.1 Å². The summed E-state index contributed by atoms with van der Waals surface area (Å²) in [7, 11) is 0. The van der Waals surface area contributed by atoms with Gasteiger partial charge in [0.25, 0.3) is 11.8 Å². The first-order valence-corrected chi connectivity index (χ1v) is 7.99. The van der Waals surface area contributed by atoms with Crippen LogP contribution >= 0.6 is 11.3 Å². The van der Waals surface area contributed by atoms with Gasteiger partial charge in [-0.2, -0.15) is 0 Å². The van der Waals surface area contributed by atoms with E-state index in [1.165, 1.54) is 32.1 Å². The minimum Gasteiger partial charge on any atom is -0.450 e. The molecule has 0 bridgehead atoms. The Kier molecular flexibility index (Phi) is 4.55. The molecule has 6 nitrogen and oxygen atoms in total. The van der Waals surface area contributed by atoms with Crippen LogP contribution < -0.4 is 11.1 Å². The van der Waals surface area contributed by atoms with Gasteiger partial charge in [0.05, 0.1) is 5.56 Å². The molecule has 22 heavy (non-hydrogen) atoms. The normalized spacial score (nSPS) is 14.1. The lowest BCUT2D eigenvalue weighted by Gasteiger charge is -2.23. The number of thiophene rings is 1. The van der Waals surface area contributed by atoms with E-state index in [9.17, 15) is 14.4 Å². The molecule has 0 aromatic carbocycles. The third-order valence-corrected chi connectivity index (χ3v) is 4.80. The lowest BCUT2D eigenvalue weighted by atomic mass is 9.95. The molecule has 0 aliphatic heterocycles. The van der Waals surface area contributed by atoms with Crippen molar-refractivity contribution >= 4 is 34.1 Å². The molecule has 1 aliphatic rings. The summed E-state index contributed by atoms with van der Waals surface area (Å²) in [5, 5.41) is 3.14. The van der Waals surface area contributed by atoms with Crippen LogP contribution in [0.1, 0.15) is 54.4 Å². The summed E-state index contributed by atoms with van der Waals surface area (Å²) in [4.78, 5) is 36.3. The molecule has 7 heteroatoms. The van der Waals surface area contributed by atoms with Gasteiger partial charge in [-0.25, -0.2) is 0 Å². The van der Waals surface area contributed by atoms with Gasteiger partial charge in [0.15, 0.2) is 5.60 Å². The Bertz CT molecular complexity index is 634. The zero-order chi connectivity index (χ0) is 16.5. The van der Waals surface area contributed by atoms with E-state index in [1.807, 2.05) is 0 Å². The van der Waals surface area contributed by atoms with Gasteiger partial charge in [0.1, 0.15) is 5.00 Å². The molecule has 120 valence electrons. The molecule has 1 aromatic heterocycles. The van der Waals surface area contributed by atoms with Crippen LogP contribution in [-0.4, -0.2) is 23.4 Å². The number of rotatable bonds is 4. The molecule has 0 atom stereocenters. The number of aryl methyl sites for hydroxylation is 1. The molecular formula is C15H20N2O4S. The molecule has 0 unspecified atom stereocenters. The van der Waals surface area contributed by atoms with E-state index in [1.54, 1.807) is 0 Å². The van der Waals surface area contributed by atoms with Crippen LogP contribution in [0.2, 0.25) is 0 Å². The summed E-state index contributed by atoms with van der Waals surface area (Å²) < 4.78 is 5.01. The summed E-state index contributed by atoms with van der Waals surface area (Å²) in [6.45, 7) is 4.25. The molecule has 0 saturated carbocycles. The fraction of sp³-hybridized carbons (Fsp3) is 0.533. The maximum Gasteiger partial charge on any atom is 0.303 e. The highest BCUT2D eigenvalue weighted by Gasteiger charge is 2.33. The monoisotopic (exact) mass is 324 g/mol. The first kappa shape index (κ1) is 16.5. The fourth-order valence-corrected chi connectivity index (χ4v) is 3.86. The second kappa shape index (κ2) is 6.08. The van der Waals surface area contributed by atoms with Gasteiger partial charge in [0, 0.05) is 11.8 Å². The third kappa shape index (κ3) is 3.30. The molecule has 0 saturated heterocycles. The Morgan fingerprint density at radius 3 is 2.45 bits per heavy atom. The van der Waals surface area contributed by atoms with E-state index in [4.69, 9.17) is 10.5 Å². The van der Waals surface area contributed by atoms with Crippen molar-refractivity contribution in [1.82, 2.24) is 0 Å². The van der Waals surface area contributed by atoms with E-state index >= 15 is 0 Å². The van der Waals surface area contributed by atoms with Crippen molar-refractivity contribution in [3.63, 3.8) is 0 Å². The molecule has 0 spiro atoms. The van der Waals surface area contributed by atoms with E-state index in [0.29, 0.717) is 10.6 Å². The molecule has 3 N–H and O–H groups in total. The Hall–Kier alpha value is -1.89. The van der Waals surface area contributed by atoms with Crippen molar-refractivity contribution in [1.29, 1.82) is 0 Å². The number of anilines is 1. The zero-order valence-corrected chi connectivity index (χ0v) is 13.8. The lowest BCUT2D eigenvalue weighted by Crippen LogP contribution is -2.41. The Morgan fingerprint density at radius 1 is 1.23 bits per heavy atom. The van der Waals surface area contributed by atoms with E-state index < -0.39 is 23.4 Å². The minimum atomic E-state index is -1.31. The lowest BCUT2D eigenvalue weighted by molar-refractivity contribution is -0.160. The fourth-order valence-electron chi connectivity index (χ4n) is 2.57. The summed E-state index contributed by atoms with van der Waals surface area (Å²) in [5.41, 5.74) is 5.51. The summed E-state index contributed by atoms with van der Waals surface area (Å²) in [6.07, 6.45) is 3.77. The molecule has 0 radical (unpaired) electrons. The van der Waals surface area contributed by atoms with Gasteiger partial charge in [-0.15, -0.1) is 11.3 Å². The summed E-state index contributed by atoms with van der Waals surface area (Å²) >= 11 is 1.38. The van der Waals surface area contributed by atoms with Crippen LogP contribution in [0, 0.1) is 0 Å². The predicted octanol–water partition coefficient (Wildman–Crippen LogP) is 2.01. The molecule has 2 rings (SSSR count). The topological polar surface area (TPSA) is 98.5 Å². The van der Waals surface area contributed by atoms with Gasteiger partial charge < -0.3 is 15.8 Å². The van der Waals surface area contributed by atoms with E-state index in [2.05, 4.69) is 5.32 Å². The van der Waals surface area contributed by atoms with Crippen molar-refractivity contribution in [3.05, 3.63) is 16.0 Å². The van der Waals surface area contributed by atoms with Crippen molar-refractivity contribution in [2.24, 2.45) is 5.73 Å². The average molecular weight is 324 g/mol. The smallest absolute Gasteiger partial charge is 0.303 e. The SMILES string of the molecule is CC(=O)OC(C)(C)C(=O)Nc1sc2c(c1C(N)=O)CCCC2. The minimum absolute atomic E-state index is 0.395. The van der Waals surface area contributed by atoms with Gasteiger partial charge in [-0.3, -0.25) is 14.4 Å². The largest absolute Gasteiger partial charge is 0.450 e. The van der Waals surface area contributed by atoms with Crippen molar-refractivity contribution in [2.75, 3.05) is 5.32 Å². The highest BCUT2D eigenvalue weighted by molar-refractivity contribution is 7.17. The van der Waals surface area contributed by atoms with Crippen LogP contribution in [-0.2, 0) is 27.2 Å². The quantitative estimate of drug-likeness (QED) is 0.828. The van der Waals surface area contributed by atoms with Crippen LogP contribution in [0.15, 0.2) is 0 Å². The van der Waals surface area contributed by atoms with Gasteiger partial charge in [-0.05, 0) is 45.1 Å². The Balaban J connectivity index is 2.29. The Labute approximate surface area is 133 Å². The van der Waals surface area contributed by atoms with Crippen LogP contribution in [0.4, 0.5) is 5.00 Å². The zero-order valence-electron chi connectivity index (χ0n) is 12.9. The maximum absolute atomic E-state index is 12.3. The molecule has 1 aromatic rings. The van der Waals surface area contributed by atoms with Gasteiger partial charge in [0.2, 0.25) is 0 Å². The van der Waals surface area contributed by atoms with Crippen molar-refractivity contribution in [3.8, 4) is 0 Å². The van der Waals surface area contributed by atoms with Crippen molar-refractivity contribution < 1.29 is 19.1 Å². The highest BCUT2D eigenvalue weighted by Crippen LogP contribution is 2.38. The number of nitrogens with two attached hydrogens (primary N) is 1. The molecule has 1 aliphatic carbocycles. The average Bonchev–Trinajstić information content (AvgIpc) is 2.74. The summed E-state index contributed by atoms with van der Waals surface area (Å²) in [5.74, 6) is -1.57. The number of hydrogen-bond acceptors (Lipinski definition) is 5. The van der Waals surface area contributed by atoms with Crippen molar-refractivity contribution in [2.45, 2.75) is 52.1 Å². The number of fused-ring (bicyclic) bond motifs is 1. The highest BCUT2D eigenvalue weighted by atomic mass is 32.1. The molecular weight excluding hydrogens is 304 g/mol. The third-order valence-electron chi connectivity index (χ3n) is 3.59. The number of ether oxygens (including phenoxy) is 1. The Morgan fingerprint density at radius 2 is 1.86 bits per heavy atom. The number of carbonyl (C=O) groups excluding carboxylic acids is 3. The number of esters is 1. The van der Waals surface area contributed by atoms with Crippen LogP contribution in [0.5, 0.6) is 0 Å². The van der Waals surface area contributed by atoms with E-state index in [-0.39, 0.29) is 0 Å². The first-order chi connectivity index (χ1) is 10.2. The molecule has 0 fully saturated rings. The molecule has 1 heterocycles. The summed E-state index contributed by atoms with van der Waals surface area (Å²) in [6, 6.07) is 0. The maximum atomic E-state index is 12.3. The number of primary amides is 1. The second-order valence-electron chi connectivity index (χ2n) is 5.84. The van der Waals surface area contributed by atoms with Gasteiger partial charge in [-0.1, -0.05) is 0 Å². The number of amides is 2.